The molecular weight excluding hydrogens is 581 g/mol. The third kappa shape index (κ3) is 4.51. The zero-order valence-electron chi connectivity index (χ0n) is 23.4. The predicted octanol–water partition coefficient (Wildman–Crippen LogP) is 10.6. The van der Waals surface area contributed by atoms with Gasteiger partial charge < -0.3 is 9.80 Å². The van der Waals surface area contributed by atoms with Crippen molar-refractivity contribution in [2.45, 2.75) is 19.6 Å². The first-order valence-electron chi connectivity index (χ1n) is 14.3. The van der Waals surface area contributed by atoms with Crippen LogP contribution in [0, 0.1) is 0 Å². The fourth-order valence-electron chi connectivity index (χ4n) is 5.75. The number of carbonyl (C=O) groups excluding carboxylic acids is 2. The lowest BCUT2D eigenvalue weighted by atomic mass is 10.0. The van der Waals surface area contributed by atoms with Gasteiger partial charge in [-0.15, -0.1) is 0 Å². The first-order chi connectivity index (χ1) is 21.7. The average molecular weight is 605 g/mol. The molecule has 8 rings (SSSR count). The van der Waals surface area contributed by atoms with Crippen LogP contribution in [0.5, 0.6) is 0 Å². The first-order valence-corrected chi connectivity index (χ1v) is 15.9. The summed E-state index contributed by atoms with van der Waals surface area (Å²) in [6.45, 7) is 0. The number of nitrogens with zero attached hydrogens (tertiary/aromatic N) is 2. The number of rotatable bonds is 5. The van der Waals surface area contributed by atoms with E-state index in [1.54, 1.807) is 47.8 Å². The molecule has 0 amide bonds. The van der Waals surface area contributed by atoms with Crippen LogP contribution in [-0.2, 0) is 0 Å². The highest BCUT2D eigenvalue weighted by atomic mass is 32.2. The zero-order valence-corrected chi connectivity index (χ0v) is 25.0. The van der Waals surface area contributed by atoms with Crippen molar-refractivity contribution in [1.29, 1.82) is 0 Å². The maximum Gasteiger partial charge on any atom is 0.233 e. The number of hydrogen-bond donors (Lipinski definition) is 0. The van der Waals surface area contributed by atoms with E-state index in [1.807, 2.05) is 72.8 Å². The van der Waals surface area contributed by atoms with Gasteiger partial charge in [-0.3, -0.25) is 9.59 Å². The largest absolute Gasteiger partial charge is 0.308 e. The summed E-state index contributed by atoms with van der Waals surface area (Å²) in [5.41, 5.74) is 6.94. The van der Waals surface area contributed by atoms with Crippen LogP contribution in [0.4, 0.5) is 34.1 Å². The Morgan fingerprint density at radius 2 is 0.636 bits per heavy atom. The van der Waals surface area contributed by atoms with Gasteiger partial charge in [0.25, 0.3) is 0 Å². The van der Waals surface area contributed by atoms with Crippen LogP contribution in [0.15, 0.2) is 165 Å². The Balaban J connectivity index is 1.06. The third-order valence-corrected chi connectivity index (χ3v) is 10.1. The van der Waals surface area contributed by atoms with Crippen LogP contribution in [0.25, 0.3) is 0 Å². The van der Waals surface area contributed by atoms with Gasteiger partial charge in [-0.2, -0.15) is 0 Å². The second-order valence-electron chi connectivity index (χ2n) is 10.5. The SMILES string of the molecule is O=C(C(=O)c1ccc(N2c3ccccc3Sc3ccccc32)cc1)c1ccc(N2c3ccccc3Sc3ccccc32)cc1. The Labute approximate surface area is 264 Å². The Kier molecular flexibility index (Phi) is 6.59. The van der Waals surface area contributed by atoms with E-state index in [0.717, 1.165) is 34.1 Å². The lowest BCUT2D eigenvalue weighted by Gasteiger charge is -2.32. The number of fused-ring (bicyclic) bond motifs is 4. The van der Waals surface area contributed by atoms with Crippen LogP contribution in [0.2, 0.25) is 0 Å². The van der Waals surface area contributed by atoms with Gasteiger partial charge in [-0.25, -0.2) is 0 Å². The van der Waals surface area contributed by atoms with E-state index in [0.29, 0.717) is 11.1 Å². The molecule has 0 aromatic heterocycles. The number of para-hydroxylation sites is 4. The molecule has 6 aromatic rings. The van der Waals surface area contributed by atoms with Gasteiger partial charge in [0.1, 0.15) is 0 Å². The smallest absolute Gasteiger partial charge is 0.233 e. The van der Waals surface area contributed by atoms with E-state index in [-0.39, 0.29) is 0 Å². The predicted molar refractivity (Wildman–Crippen MR) is 179 cm³/mol. The number of hydrogen-bond acceptors (Lipinski definition) is 6. The molecule has 2 aliphatic heterocycles. The van der Waals surface area contributed by atoms with Crippen molar-refractivity contribution in [1.82, 2.24) is 0 Å². The normalized spacial score (nSPS) is 12.9. The van der Waals surface area contributed by atoms with Gasteiger partial charge in [0.2, 0.25) is 11.6 Å². The number of Topliss-reactive ketones (excluding diaryl/α,β-unsaturated/α-hetero) is 2. The standard InChI is InChI=1S/C38H24N2O2S2/c41-37(25-17-21-27(22-18-25)39-29-9-1-5-13-33(29)43-34-14-6-2-10-30(34)39)38(42)26-19-23-28(24-20-26)40-31-11-3-7-15-35(31)44-36-16-8-4-12-32(36)40/h1-24H. The zero-order chi connectivity index (χ0) is 29.6. The fourth-order valence-corrected chi connectivity index (χ4v) is 7.87. The second-order valence-corrected chi connectivity index (χ2v) is 12.7. The fraction of sp³-hybridized carbons (Fsp3) is 0. The summed E-state index contributed by atoms with van der Waals surface area (Å²) < 4.78 is 0. The Morgan fingerprint density at radius 1 is 0.364 bits per heavy atom. The van der Waals surface area contributed by atoms with E-state index in [1.165, 1.54) is 19.6 Å². The summed E-state index contributed by atoms with van der Waals surface area (Å²) in [4.78, 5) is 35.8. The minimum absolute atomic E-state index is 0.367. The van der Waals surface area contributed by atoms with Crippen LogP contribution in [-0.4, -0.2) is 11.6 Å². The highest BCUT2D eigenvalue weighted by Gasteiger charge is 2.27. The number of ketones is 2. The molecule has 0 spiro atoms. The van der Waals surface area contributed by atoms with E-state index >= 15 is 0 Å². The summed E-state index contributed by atoms with van der Waals surface area (Å²) in [7, 11) is 0. The molecule has 0 unspecified atom stereocenters. The summed E-state index contributed by atoms with van der Waals surface area (Å²) in [5.74, 6) is -1.05. The molecule has 44 heavy (non-hydrogen) atoms. The van der Waals surface area contributed by atoms with Crippen LogP contribution in [0.1, 0.15) is 20.7 Å². The summed E-state index contributed by atoms with van der Waals surface area (Å²) in [6.07, 6.45) is 0. The minimum Gasteiger partial charge on any atom is -0.308 e. The van der Waals surface area contributed by atoms with Gasteiger partial charge in [-0.1, -0.05) is 72.1 Å². The number of carbonyl (C=O) groups is 2. The molecule has 2 aliphatic rings. The van der Waals surface area contributed by atoms with E-state index < -0.39 is 11.6 Å². The lowest BCUT2D eigenvalue weighted by Crippen LogP contribution is -2.17. The maximum absolute atomic E-state index is 13.4. The molecule has 0 atom stereocenters. The van der Waals surface area contributed by atoms with Crippen LogP contribution in [0.3, 0.4) is 0 Å². The van der Waals surface area contributed by atoms with Gasteiger partial charge in [0, 0.05) is 42.1 Å². The highest BCUT2D eigenvalue weighted by Crippen LogP contribution is 2.52. The molecule has 210 valence electrons. The van der Waals surface area contributed by atoms with Crippen molar-refractivity contribution in [3.05, 3.63) is 157 Å². The van der Waals surface area contributed by atoms with Crippen molar-refractivity contribution in [2.24, 2.45) is 0 Å². The molecule has 6 heteroatoms. The van der Waals surface area contributed by atoms with Gasteiger partial charge >= 0.3 is 0 Å². The van der Waals surface area contributed by atoms with Crippen molar-refractivity contribution in [3.8, 4) is 0 Å². The molecule has 6 aromatic carbocycles. The van der Waals surface area contributed by atoms with Crippen molar-refractivity contribution in [3.63, 3.8) is 0 Å². The Hall–Kier alpha value is -5.04. The Morgan fingerprint density at radius 3 is 0.932 bits per heavy atom. The quantitative estimate of drug-likeness (QED) is 0.144. The van der Waals surface area contributed by atoms with E-state index in [2.05, 4.69) is 58.3 Å². The molecule has 4 nitrogen and oxygen atoms in total. The van der Waals surface area contributed by atoms with Crippen molar-refractivity contribution >= 4 is 69.2 Å². The average Bonchev–Trinajstić information content (AvgIpc) is 3.09. The maximum atomic E-state index is 13.4. The molecule has 0 bridgehead atoms. The van der Waals surface area contributed by atoms with Crippen LogP contribution < -0.4 is 9.80 Å². The van der Waals surface area contributed by atoms with E-state index in [9.17, 15) is 9.59 Å². The highest BCUT2D eigenvalue weighted by molar-refractivity contribution is 8.00. The van der Waals surface area contributed by atoms with Crippen molar-refractivity contribution < 1.29 is 9.59 Å². The molecule has 0 radical (unpaired) electrons. The Bertz CT molecular complexity index is 1830. The molecule has 0 saturated carbocycles. The second kappa shape index (κ2) is 10.9. The number of anilines is 6. The van der Waals surface area contributed by atoms with Gasteiger partial charge in [0.05, 0.1) is 22.7 Å². The molecule has 0 fully saturated rings. The summed E-state index contributed by atoms with van der Waals surface area (Å²) >= 11 is 3.50. The minimum atomic E-state index is -0.524. The summed E-state index contributed by atoms with van der Waals surface area (Å²) in [5, 5.41) is 0. The lowest BCUT2D eigenvalue weighted by molar-refractivity contribution is 0.0817. The molecular formula is C38H24N2O2S2. The van der Waals surface area contributed by atoms with Gasteiger partial charge in [0.15, 0.2) is 0 Å². The van der Waals surface area contributed by atoms with E-state index in [4.69, 9.17) is 0 Å². The molecule has 2 heterocycles. The molecule has 0 N–H and O–H groups in total. The first kappa shape index (κ1) is 26.6. The molecule has 0 saturated heterocycles. The summed E-state index contributed by atoms with van der Waals surface area (Å²) in [6, 6.07) is 47.8. The third-order valence-electron chi connectivity index (χ3n) is 7.85. The molecule has 0 aliphatic carbocycles. The van der Waals surface area contributed by atoms with Crippen LogP contribution >= 0.6 is 23.5 Å². The van der Waals surface area contributed by atoms with Crippen molar-refractivity contribution in [2.75, 3.05) is 9.80 Å². The monoisotopic (exact) mass is 604 g/mol. The topological polar surface area (TPSA) is 40.6 Å². The number of benzene rings is 6. The van der Waals surface area contributed by atoms with Gasteiger partial charge in [-0.05, 0) is 97.1 Å².